The molecule has 0 radical (unpaired) electrons. The maximum atomic E-state index is 10.9. The number of nitrogens with one attached hydrogen (secondary N) is 1. The van der Waals surface area contributed by atoms with E-state index in [-0.39, 0.29) is 12.3 Å². The van der Waals surface area contributed by atoms with Gasteiger partial charge in [-0.25, -0.2) is 9.00 Å². The number of carbonyl (C=O) groups excluding carboxylic acids is 1. The van der Waals surface area contributed by atoms with Crippen molar-refractivity contribution in [2.45, 2.75) is 26.4 Å². The van der Waals surface area contributed by atoms with Gasteiger partial charge in [-0.05, 0) is 20.8 Å². The van der Waals surface area contributed by atoms with Gasteiger partial charge in [0.1, 0.15) is 5.60 Å². The zero-order valence-electron chi connectivity index (χ0n) is 7.99. The van der Waals surface area contributed by atoms with Gasteiger partial charge >= 0.3 is 6.09 Å². The number of hydrogen-bond acceptors (Lipinski definition) is 3. The van der Waals surface area contributed by atoms with Crippen molar-refractivity contribution in [2.24, 2.45) is 0 Å². The van der Waals surface area contributed by atoms with Crippen LogP contribution in [0, 0.1) is 0 Å². The molecule has 0 aliphatic heterocycles. The molecule has 0 saturated carbocycles. The quantitative estimate of drug-likeness (QED) is 0.672. The maximum Gasteiger partial charge on any atom is 0.407 e. The Kier molecular flexibility index (Phi) is 4.94. The second-order valence-electron chi connectivity index (χ2n) is 3.45. The second-order valence-corrected chi connectivity index (χ2v) is 4.51. The summed E-state index contributed by atoms with van der Waals surface area (Å²) in [7, 11) is 0. The zero-order valence-corrected chi connectivity index (χ0v) is 8.81. The minimum absolute atomic E-state index is 0.0131. The van der Waals surface area contributed by atoms with E-state index >= 15 is 0 Å². The van der Waals surface area contributed by atoms with Crippen LogP contribution in [0.15, 0.2) is 0 Å². The number of carbonyl (C=O) groups is 1. The monoisotopic (exact) mass is 209 g/mol. The molecule has 78 valence electrons. The standard InChI is InChI=1S/C7H15NO4S/c1-7(2,3)12-6(9)8-4-5-13(10)11/h4-5H2,1-3H3,(H,8,9)(H,10,11). The van der Waals surface area contributed by atoms with Gasteiger partial charge in [-0.2, -0.15) is 0 Å². The summed E-state index contributed by atoms with van der Waals surface area (Å²) in [6, 6.07) is 0. The van der Waals surface area contributed by atoms with E-state index in [0.717, 1.165) is 0 Å². The average Bonchev–Trinajstić information content (AvgIpc) is 1.81. The molecule has 0 aromatic carbocycles. The molecule has 1 amide bonds. The molecule has 0 saturated heterocycles. The van der Waals surface area contributed by atoms with Crippen molar-refractivity contribution in [3.63, 3.8) is 0 Å². The summed E-state index contributed by atoms with van der Waals surface area (Å²) in [6.07, 6.45) is -0.571. The maximum absolute atomic E-state index is 10.9. The minimum Gasteiger partial charge on any atom is -0.444 e. The highest BCUT2D eigenvalue weighted by atomic mass is 32.2. The van der Waals surface area contributed by atoms with Crippen LogP contribution in [0.2, 0.25) is 0 Å². The third-order valence-electron chi connectivity index (χ3n) is 0.945. The molecule has 0 aromatic heterocycles. The van der Waals surface area contributed by atoms with Crippen LogP contribution in [0.3, 0.4) is 0 Å². The fraction of sp³-hybridized carbons (Fsp3) is 0.857. The van der Waals surface area contributed by atoms with Gasteiger partial charge in [0.2, 0.25) is 0 Å². The topological polar surface area (TPSA) is 75.6 Å². The van der Waals surface area contributed by atoms with Crippen LogP contribution in [0.25, 0.3) is 0 Å². The van der Waals surface area contributed by atoms with Gasteiger partial charge in [-0.15, -0.1) is 0 Å². The number of hydrogen-bond donors (Lipinski definition) is 2. The lowest BCUT2D eigenvalue weighted by Gasteiger charge is -2.19. The summed E-state index contributed by atoms with van der Waals surface area (Å²) in [5.41, 5.74) is -0.539. The molecule has 0 aliphatic rings. The normalized spacial score (nSPS) is 13.5. The Morgan fingerprint density at radius 1 is 1.54 bits per heavy atom. The molecule has 0 aromatic rings. The fourth-order valence-electron chi connectivity index (χ4n) is 0.555. The first-order valence-electron chi connectivity index (χ1n) is 3.85. The van der Waals surface area contributed by atoms with E-state index in [0.29, 0.717) is 0 Å². The Morgan fingerprint density at radius 2 is 2.08 bits per heavy atom. The van der Waals surface area contributed by atoms with Crippen molar-refractivity contribution < 1.29 is 18.3 Å². The fourth-order valence-corrected chi connectivity index (χ4v) is 0.831. The Hall–Kier alpha value is -0.620. The zero-order chi connectivity index (χ0) is 10.5. The number of ether oxygens (including phenoxy) is 1. The highest BCUT2D eigenvalue weighted by Gasteiger charge is 2.15. The van der Waals surface area contributed by atoms with Crippen LogP contribution in [0.4, 0.5) is 4.79 Å². The summed E-state index contributed by atoms with van der Waals surface area (Å²) in [5, 5.41) is 2.36. The molecule has 1 atom stereocenters. The van der Waals surface area contributed by atoms with Gasteiger partial charge in [0.05, 0.1) is 5.75 Å². The smallest absolute Gasteiger partial charge is 0.407 e. The van der Waals surface area contributed by atoms with Crippen molar-refractivity contribution in [1.29, 1.82) is 0 Å². The second kappa shape index (κ2) is 5.18. The van der Waals surface area contributed by atoms with Gasteiger partial charge in [0.15, 0.2) is 11.1 Å². The molecule has 6 heteroatoms. The molecule has 0 heterocycles. The van der Waals surface area contributed by atoms with Crippen LogP contribution in [0.1, 0.15) is 20.8 Å². The van der Waals surface area contributed by atoms with E-state index in [1.54, 1.807) is 20.8 Å². The summed E-state index contributed by atoms with van der Waals surface area (Å²) < 4.78 is 23.5. The highest BCUT2D eigenvalue weighted by molar-refractivity contribution is 7.79. The molecule has 13 heavy (non-hydrogen) atoms. The van der Waals surface area contributed by atoms with Crippen LogP contribution >= 0.6 is 0 Å². The molecule has 1 unspecified atom stereocenters. The largest absolute Gasteiger partial charge is 0.444 e. The predicted octanol–water partition coefficient (Wildman–Crippen LogP) is 0.733. The van der Waals surface area contributed by atoms with Crippen LogP contribution in [-0.4, -0.2) is 32.8 Å². The van der Waals surface area contributed by atoms with Gasteiger partial charge in [-0.3, -0.25) is 0 Å². The predicted molar refractivity (Wildman–Crippen MR) is 49.9 cm³/mol. The van der Waals surface area contributed by atoms with E-state index in [4.69, 9.17) is 9.29 Å². The van der Waals surface area contributed by atoms with E-state index < -0.39 is 22.8 Å². The van der Waals surface area contributed by atoms with Crippen molar-refractivity contribution in [3.05, 3.63) is 0 Å². The first-order chi connectivity index (χ1) is 5.81. The Balaban J connectivity index is 3.59. The highest BCUT2D eigenvalue weighted by Crippen LogP contribution is 2.05. The summed E-state index contributed by atoms with van der Waals surface area (Å²) in [6.45, 7) is 5.38. The number of rotatable bonds is 3. The minimum atomic E-state index is -1.88. The summed E-state index contributed by atoms with van der Waals surface area (Å²) >= 11 is -1.88. The molecule has 5 nitrogen and oxygen atoms in total. The molecule has 0 fully saturated rings. The number of amides is 1. The van der Waals surface area contributed by atoms with Gasteiger partial charge in [0.25, 0.3) is 0 Å². The van der Waals surface area contributed by atoms with Crippen LogP contribution in [0.5, 0.6) is 0 Å². The summed E-state index contributed by atoms with van der Waals surface area (Å²) in [4.78, 5) is 10.9. The lowest BCUT2D eigenvalue weighted by atomic mass is 10.2. The first-order valence-corrected chi connectivity index (χ1v) is 5.13. The Labute approximate surface area is 80.1 Å². The van der Waals surface area contributed by atoms with E-state index in [2.05, 4.69) is 5.32 Å². The number of alkyl carbamates (subject to hydrolysis) is 1. The average molecular weight is 209 g/mol. The van der Waals surface area contributed by atoms with Gasteiger partial charge in [0, 0.05) is 6.54 Å². The van der Waals surface area contributed by atoms with E-state index in [1.807, 2.05) is 0 Å². The van der Waals surface area contributed by atoms with Crippen molar-refractivity contribution in [1.82, 2.24) is 5.32 Å². The molecular weight excluding hydrogens is 194 g/mol. The van der Waals surface area contributed by atoms with Gasteiger partial charge < -0.3 is 14.6 Å². The third kappa shape index (κ3) is 9.29. The molecule has 0 bridgehead atoms. The Morgan fingerprint density at radius 3 is 2.46 bits per heavy atom. The SMILES string of the molecule is CC(C)(C)OC(=O)NCCS(=O)O. The van der Waals surface area contributed by atoms with Crippen LogP contribution in [-0.2, 0) is 15.8 Å². The van der Waals surface area contributed by atoms with E-state index in [9.17, 15) is 9.00 Å². The van der Waals surface area contributed by atoms with Crippen molar-refractivity contribution >= 4 is 17.2 Å². The molecule has 0 spiro atoms. The molecule has 2 N–H and O–H groups in total. The van der Waals surface area contributed by atoms with Crippen molar-refractivity contribution in [3.8, 4) is 0 Å². The van der Waals surface area contributed by atoms with E-state index in [1.165, 1.54) is 0 Å². The van der Waals surface area contributed by atoms with Crippen molar-refractivity contribution in [2.75, 3.05) is 12.3 Å². The Bertz CT molecular complexity index is 199. The molecular formula is C7H15NO4S. The lowest BCUT2D eigenvalue weighted by Crippen LogP contribution is -2.34. The molecule has 0 rings (SSSR count). The van der Waals surface area contributed by atoms with Gasteiger partial charge in [-0.1, -0.05) is 0 Å². The lowest BCUT2D eigenvalue weighted by molar-refractivity contribution is 0.0531. The van der Waals surface area contributed by atoms with Crippen LogP contribution < -0.4 is 5.32 Å². The third-order valence-corrected chi connectivity index (χ3v) is 1.50. The summed E-state index contributed by atoms with van der Waals surface area (Å²) in [5.74, 6) is 0.0131. The molecule has 0 aliphatic carbocycles. The first kappa shape index (κ1) is 12.4.